The van der Waals surface area contributed by atoms with E-state index in [0.717, 1.165) is 24.3 Å². The minimum atomic E-state index is -0.961. The van der Waals surface area contributed by atoms with Crippen LogP contribution in [0.1, 0.15) is 5.56 Å². The summed E-state index contributed by atoms with van der Waals surface area (Å²) in [7, 11) is 0. The summed E-state index contributed by atoms with van der Waals surface area (Å²) in [6.07, 6.45) is 0. The summed E-state index contributed by atoms with van der Waals surface area (Å²) in [6, 6.07) is 6.77. The molecule has 2 nitrogen and oxygen atoms in total. The zero-order valence-corrected chi connectivity index (χ0v) is 10.1. The normalized spacial score (nSPS) is 10.1. The minimum Gasteiger partial charge on any atom is -0.349 e. The van der Waals surface area contributed by atoms with Crippen LogP contribution in [0.25, 0.3) is 0 Å². The molecule has 0 fully saturated rings. The number of anilines is 2. The molecule has 19 heavy (non-hydrogen) atoms. The summed E-state index contributed by atoms with van der Waals surface area (Å²) in [5, 5.41) is 11.1. The molecule has 0 aliphatic heterocycles. The highest BCUT2D eigenvalue weighted by molar-refractivity contribution is 6.33. The van der Waals surface area contributed by atoms with Gasteiger partial charge >= 0.3 is 0 Å². The van der Waals surface area contributed by atoms with Crippen molar-refractivity contribution in [3.8, 4) is 6.07 Å². The van der Waals surface area contributed by atoms with Gasteiger partial charge in [-0.2, -0.15) is 5.26 Å². The number of benzene rings is 2. The van der Waals surface area contributed by atoms with Gasteiger partial charge in [0.2, 0.25) is 0 Å². The lowest BCUT2D eigenvalue weighted by molar-refractivity contribution is 0.589. The molecule has 0 amide bonds. The van der Waals surface area contributed by atoms with Crippen LogP contribution in [0.2, 0.25) is 5.02 Å². The van der Waals surface area contributed by atoms with Crippen LogP contribution in [0.4, 0.5) is 24.5 Å². The van der Waals surface area contributed by atoms with Gasteiger partial charge in [-0.15, -0.1) is 0 Å². The number of halogens is 4. The quantitative estimate of drug-likeness (QED) is 0.887. The third-order valence-corrected chi connectivity index (χ3v) is 2.69. The highest BCUT2D eigenvalue weighted by Gasteiger charge is 2.13. The third kappa shape index (κ3) is 2.80. The predicted octanol–water partition coefficient (Wildman–Crippen LogP) is 4.37. The van der Waals surface area contributed by atoms with E-state index in [1.807, 2.05) is 0 Å². The van der Waals surface area contributed by atoms with Crippen molar-refractivity contribution in [2.75, 3.05) is 5.32 Å². The maximum absolute atomic E-state index is 13.6. The van der Waals surface area contributed by atoms with Crippen molar-refractivity contribution in [1.82, 2.24) is 0 Å². The first kappa shape index (κ1) is 13.2. The molecule has 1 N–H and O–H groups in total. The molecule has 0 aliphatic carbocycles. The van der Waals surface area contributed by atoms with Gasteiger partial charge in [0.1, 0.15) is 11.5 Å². The van der Waals surface area contributed by atoms with Crippen molar-refractivity contribution in [2.24, 2.45) is 0 Å². The Morgan fingerprint density at radius 3 is 2.26 bits per heavy atom. The molecular weight excluding hydrogens is 277 g/mol. The Kier molecular flexibility index (Phi) is 3.63. The largest absolute Gasteiger partial charge is 0.349 e. The van der Waals surface area contributed by atoms with Crippen LogP contribution in [-0.4, -0.2) is 0 Å². The first-order valence-corrected chi connectivity index (χ1v) is 5.50. The van der Waals surface area contributed by atoms with E-state index in [1.165, 1.54) is 6.07 Å². The van der Waals surface area contributed by atoms with E-state index in [2.05, 4.69) is 5.32 Å². The lowest BCUT2D eigenvalue weighted by Crippen LogP contribution is -1.99. The van der Waals surface area contributed by atoms with Crippen molar-refractivity contribution in [1.29, 1.82) is 5.26 Å². The summed E-state index contributed by atoms with van der Waals surface area (Å²) < 4.78 is 40.3. The second-order valence-corrected chi connectivity index (χ2v) is 4.08. The van der Waals surface area contributed by atoms with Gasteiger partial charge in [-0.3, -0.25) is 0 Å². The monoisotopic (exact) mass is 282 g/mol. The van der Waals surface area contributed by atoms with Crippen molar-refractivity contribution < 1.29 is 13.2 Å². The molecule has 0 atom stereocenters. The average molecular weight is 283 g/mol. The fourth-order valence-corrected chi connectivity index (χ4v) is 1.65. The number of nitrogens with one attached hydrogen (secondary N) is 1. The van der Waals surface area contributed by atoms with Crippen LogP contribution in [0.3, 0.4) is 0 Å². The second-order valence-electron chi connectivity index (χ2n) is 3.68. The third-order valence-electron chi connectivity index (χ3n) is 2.36. The van der Waals surface area contributed by atoms with Crippen LogP contribution in [0.5, 0.6) is 0 Å². The maximum atomic E-state index is 13.6. The molecular formula is C13H6ClF3N2. The molecule has 6 heteroatoms. The van der Waals surface area contributed by atoms with E-state index in [-0.39, 0.29) is 16.3 Å². The lowest BCUT2D eigenvalue weighted by Gasteiger charge is -2.10. The van der Waals surface area contributed by atoms with Crippen LogP contribution in [-0.2, 0) is 0 Å². The molecule has 2 aromatic rings. The van der Waals surface area contributed by atoms with Gasteiger partial charge in [0.15, 0.2) is 11.6 Å². The molecule has 0 heterocycles. The molecule has 0 aromatic heterocycles. The number of hydrogen-bond acceptors (Lipinski definition) is 2. The van der Waals surface area contributed by atoms with Gasteiger partial charge in [-0.1, -0.05) is 11.6 Å². The first-order valence-electron chi connectivity index (χ1n) is 5.12. The Bertz CT molecular complexity index is 657. The average Bonchev–Trinajstić information content (AvgIpc) is 2.37. The molecule has 0 unspecified atom stereocenters. The maximum Gasteiger partial charge on any atom is 0.150 e. The predicted molar refractivity (Wildman–Crippen MR) is 65.8 cm³/mol. The van der Waals surface area contributed by atoms with Crippen molar-refractivity contribution in [3.05, 3.63) is 58.4 Å². The molecule has 0 bridgehead atoms. The Morgan fingerprint density at radius 1 is 1.05 bits per heavy atom. The Hall–Kier alpha value is -2.19. The van der Waals surface area contributed by atoms with E-state index in [0.29, 0.717) is 0 Å². The smallest absolute Gasteiger partial charge is 0.150 e. The summed E-state index contributed by atoms with van der Waals surface area (Å²) in [5.41, 5.74) is -0.610. The molecule has 96 valence electrons. The molecule has 0 radical (unpaired) electrons. The number of hydrogen-bond donors (Lipinski definition) is 1. The first-order chi connectivity index (χ1) is 9.01. The molecule has 2 aromatic carbocycles. The fourth-order valence-electron chi connectivity index (χ4n) is 1.49. The number of nitrogens with zero attached hydrogens (tertiary/aromatic N) is 1. The molecule has 0 saturated carbocycles. The van der Waals surface area contributed by atoms with E-state index >= 15 is 0 Å². The fraction of sp³-hybridized carbons (Fsp3) is 0. The van der Waals surface area contributed by atoms with E-state index < -0.39 is 23.1 Å². The van der Waals surface area contributed by atoms with Crippen LogP contribution >= 0.6 is 11.6 Å². The Labute approximate surface area is 112 Å². The van der Waals surface area contributed by atoms with Crippen LogP contribution in [0, 0.1) is 28.8 Å². The van der Waals surface area contributed by atoms with Gasteiger partial charge in [-0.05, 0) is 30.3 Å². The second kappa shape index (κ2) is 5.21. The summed E-state index contributed by atoms with van der Waals surface area (Å²) in [6.45, 7) is 0. The molecule has 0 aliphatic rings. The molecule has 2 rings (SSSR count). The summed E-state index contributed by atoms with van der Waals surface area (Å²) in [5.74, 6) is -2.52. The van der Waals surface area contributed by atoms with Gasteiger partial charge in [0.25, 0.3) is 0 Å². The highest BCUT2D eigenvalue weighted by atomic mass is 35.5. The van der Waals surface area contributed by atoms with E-state index in [4.69, 9.17) is 16.9 Å². The van der Waals surface area contributed by atoms with E-state index in [1.54, 1.807) is 6.07 Å². The summed E-state index contributed by atoms with van der Waals surface area (Å²) in [4.78, 5) is 0. The van der Waals surface area contributed by atoms with Crippen molar-refractivity contribution in [3.63, 3.8) is 0 Å². The number of rotatable bonds is 2. The van der Waals surface area contributed by atoms with Gasteiger partial charge < -0.3 is 5.32 Å². The van der Waals surface area contributed by atoms with Crippen LogP contribution in [0.15, 0.2) is 30.3 Å². The van der Waals surface area contributed by atoms with Crippen molar-refractivity contribution >= 4 is 23.0 Å². The topological polar surface area (TPSA) is 35.8 Å². The lowest BCUT2D eigenvalue weighted by atomic mass is 10.2. The highest BCUT2D eigenvalue weighted by Crippen LogP contribution is 2.29. The zero-order valence-electron chi connectivity index (χ0n) is 9.35. The SMILES string of the molecule is N#Cc1cc(F)c(Nc2cc(F)ccc2Cl)c(F)c1. The Balaban J connectivity index is 2.44. The van der Waals surface area contributed by atoms with Crippen LogP contribution < -0.4 is 5.32 Å². The van der Waals surface area contributed by atoms with Crippen molar-refractivity contribution in [2.45, 2.75) is 0 Å². The van der Waals surface area contributed by atoms with Gasteiger partial charge in [0.05, 0.1) is 22.3 Å². The Morgan fingerprint density at radius 2 is 1.68 bits per heavy atom. The zero-order chi connectivity index (χ0) is 14.0. The summed E-state index contributed by atoms with van der Waals surface area (Å²) >= 11 is 5.78. The molecule has 0 saturated heterocycles. The molecule has 0 spiro atoms. The minimum absolute atomic E-state index is 0.0316. The van der Waals surface area contributed by atoms with Gasteiger partial charge in [-0.25, -0.2) is 13.2 Å². The van der Waals surface area contributed by atoms with Gasteiger partial charge in [0, 0.05) is 0 Å². The van der Waals surface area contributed by atoms with E-state index in [9.17, 15) is 13.2 Å². The standard InChI is InChI=1S/C13H6ClF3N2/c14-9-2-1-8(15)5-12(9)19-13-10(16)3-7(6-18)4-11(13)17/h1-5,19H. The number of nitriles is 1.